The Morgan fingerprint density at radius 3 is 2.54 bits per heavy atom. The molecule has 0 spiro atoms. The van der Waals surface area contributed by atoms with Gasteiger partial charge in [-0.1, -0.05) is 12.1 Å². The summed E-state index contributed by atoms with van der Waals surface area (Å²) in [7, 11) is -3.75. The van der Waals surface area contributed by atoms with E-state index in [1.165, 1.54) is 42.2 Å². The third-order valence-electron chi connectivity index (χ3n) is 5.54. The van der Waals surface area contributed by atoms with Gasteiger partial charge in [0.25, 0.3) is 0 Å². The van der Waals surface area contributed by atoms with E-state index in [0.29, 0.717) is 11.3 Å². The molecule has 0 aliphatic carbocycles. The van der Waals surface area contributed by atoms with Crippen molar-refractivity contribution >= 4 is 21.6 Å². The molecule has 1 saturated heterocycles. The van der Waals surface area contributed by atoms with Gasteiger partial charge in [-0.2, -0.15) is 0 Å². The Hall–Kier alpha value is -3.38. The Bertz CT molecular complexity index is 1290. The van der Waals surface area contributed by atoms with Crippen molar-refractivity contribution in [3.63, 3.8) is 0 Å². The first-order chi connectivity index (χ1) is 16.7. The van der Waals surface area contributed by atoms with Crippen LogP contribution in [0.2, 0.25) is 0 Å². The van der Waals surface area contributed by atoms with Crippen molar-refractivity contribution in [2.45, 2.75) is 30.9 Å². The Balaban J connectivity index is 1.44. The van der Waals surface area contributed by atoms with E-state index in [9.17, 15) is 22.7 Å². The van der Waals surface area contributed by atoms with Crippen molar-refractivity contribution in [3.8, 4) is 11.1 Å². The Labute approximate surface area is 202 Å². The number of aliphatic hydroxyl groups excluding tert-OH is 1. The molecule has 3 aromatic rings. The summed E-state index contributed by atoms with van der Waals surface area (Å²) in [6, 6.07) is 13.8. The molecular weight excluding hydrogens is 475 g/mol. The van der Waals surface area contributed by atoms with Crippen molar-refractivity contribution in [1.82, 2.24) is 15.0 Å². The summed E-state index contributed by atoms with van der Waals surface area (Å²) in [4.78, 5) is 16.5. The fourth-order valence-corrected chi connectivity index (χ4v) is 4.71. The van der Waals surface area contributed by atoms with Crippen LogP contribution < -0.4 is 14.9 Å². The van der Waals surface area contributed by atoms with Crippen LogP contribution in [0.4, 0.5) is 10.1 Å². The number of carbonyl (C=O) groups excluding carboxylic acids is 1. The summed E-state index contributed by atoms with van der Waals surface area (Å²) in [6.45, 7) is 2.02. The summed E-state index contributed by atoms with van der Waals surface area (Å²) < 4.78 is 48.1. The number of nitrogens with one attached hydrogen (secondary N) is 2. The molecule has 1 aliphatic rings. The fraction of sp³-hybridized carbons (Fsp3) is 0.250. The number of hydrogen-bond donors (Lipinski definition) is 3. The van der Waals surface area contributed by atoms with Gasteiger partial charge in [-0.05, 0) is 53.6 Å². The molecule has 11 heteroatoms. The third-order valence-corrected chi connectivity index (χ3v) is 6.95. The number of anilines is 1. The highest BCUT2D eigenvalue weighted by molar-refractivity contribution is 7.89. The lowest BCUT2D eigenvalue weighted by Crippen LogP contribution is -2.33. The minimum absolute atomic E-state index is 0.0647. The van der Waals surface area contributed by atoms with Gasteiger partial charge in [-0.25, -0.2) is 17.5 Å². The topological polar surface area (TPSA) is 121 Å². The van der Waals surface area contributed by atoms with Crippen molar-refractivity contribution in [3.05, 3.63) is 78.4 Å². The predicted molar refractivity (Wildman–Crippen MR) is 127 cm³/mol. The maximum absolute atomic E-state index is 15.0. The molecule has 2 aromatic carbocycles. The van der Waals surface area contributed by atoms with Gasteiger partial charge in [0.15, 0.2) is 0 Å². The van der Waals surface area contributed by atoms with Gasteiger partial charge in [0.1, 0.15) is 5.82 Å². The van der Waals surface area contributed by atoms with E-state index in [2.05, 4.69) is 15.0 Å². The third kappa shape index (κ3) is 6.01. The first-order valence-corrected chi connectivity index (χ1v) is 12.3. The van der Waals surface area contributed by atoms with Crippen LogP contribution in [0.3, 0.4) is 0 Å². The van der Waals surface area contributed by atoms with E-state index in [-0.39, 0.29) is 36.0 Å². The minimum Gasteiger partial charge on any atom is -0.354 e. The zero-order valence-electron chi connectivity index (χ0n) is 18.9. The maximum atomic E-state index is 15.0. The van der Waals surface area contributed by atoms with E-state index in [1.54, 1.807) is 36.7 Å². The molecule has 35 heavy (non-hydrogen) atoms. The zero-order chi connectivity index (χ0) is 25.0. The molecule has 1 amide bonds. The van der Waals surface area contributed by atoms with Gasteiger partial charge >= 0.3 is 0 Å². The number of halogens is 1. The van der Waals surface area contributed by atoms with Crippen molar-refractivity contribution < 1.29 is 27.4 Å². The number of pyridine rings is 1. The van der Waals surface area contributed by atoms with Gasteiger partial charge in [-0.15, -0.1) is 0 Å². The first kappa shape index (κ1) is 24.7. The van der Waals surface area contributed by atoms with Crippen LogP contribution in [-0.4, -0.2) is 50.0 Å². The smallest absolute Gasteiger partial charge is 0.240 e. The maximum Gasteiger partial charge on any atom is 0.240 e. The molecule has 0 radical (unpaired) electrons. The number of carbonyl (C=O) groups is 1. The number of aliphatic hydroxyl groups is 1. The van der Waals surface area contributed by atoms with E-state index in [4.69, 9.17) is 4.74 Å². The number of benzene rings is 2. The molecule has 4 rings (SSSR count). The highest BCUT2D eigenvalue weighted by Gasteiger charge is 2.32. The molecular formula is C24H25FN4O5S. The molecule has 0 saturated carbocycles. The number of aromatic nitrogens is 1. The standard InChI is InChI=1S/C24H25FN4O5S/c1-16(30)27-14-20-15-29(24(31)34-20)19-4-7-22(23(25)12-19)18-2-5-21(6-3-18)35(32,33)28-13-17-8-10-26-11-9-17/h2-12,20,24,28,31H,13-15H2,1H3,(H,27,30)/t20-,24?/m0/s1. The lowest BCUT2D eigenvalue weighted by Gasteiger charge is -2.21. The molecule has 184 valence electrons. The van der Waals surface area contributed by atoms with E-state index >= 15 is 0 Å². The van der Waals surface area contributed by atoms with Crippen LogP contribution in [0, 0.1) is 5.82 Å². The lowest BCUT2D eigenvalue weighted by atomic mass is 10.0. The van der Waals surface area contributed by atoms with Crippen LogP contribution in [-0.2, 0) is 26.1 Å². The number of hydrogen-bond acceptors (Lipinski definition) is 7. The van der Waals surface area contributed by atoms with Crippen LogP contribution in [0.5, 0.6) is 0 Å². The molecule has 3 N–H and O–H groups in total. The first-order valence-electron chi connectivity index (χ1n) is 10.9. The second kappa shape index (κ2) is 10.5. The minimum atomic E-state index is -3.75. The molecule has 0 bridgehead atoms. The molecule has 2 heterocycles. The van der Waals surface area contributed by atoms with E-state index in [0.717, 1.165) is 5.56 Å². The highest BCUT2D eigenvalue weighted by atomic mass is 32.2. The normalized spacial score (nSPS) is 18.0. The summed E-state index contributed by atoms with van der Waals surface area (Å²) in [5, 5.41) is 12.8. The van der Waals surface area contributed by atoms with Crippen LogP contribution in [0.1, 0.15) is 12.5 Å². The average molecular weight is 501 g/mol. The van der Waals surface area contributed by atoms with E-state index in [1.807, 2.05) is 0 Å². The summed E-state index contributed by atoms with van der Waals surface area (Å²) in [5.41, 5.74) is 1.98. The molecule has 2 atom stereocenters. The van der Waals surface area contributed by atoms with Crippen LogP contribution >= 0.6 is 0 Å². The van der Waals surface area contributed by atoms with Crippen LogP contribution in [0.25, 0.3) is 11.1 Å². The zero-order valence-corrected chi connectivity index (χ0v) is 19.7. The molecule has 1 aromatic heterocycles. The SMILES string of the molecule is CC(=O)NC[C@H]1CN(c2ccc(-c3ccc(S(=O)(=O)NCc4ccncc4)cc3)c(F)c2)C(O)O1. The second-order valence-corrected chi connectivity index (χ2v) is 9.81. The predicted octanol–water partition coefficient (Wildman–Crippen LogP) is 1.98. The quantitative estimate of drug-likeness (QED) is 0.433. The molecule has 9 nitrogen and oxygen atoms in total. The average Bonchev–Trinajstić information content (AvgIpc) is 3.23. The van der Waals surface area contributed by atoms with Gasteiger partial charge in [0.05, 0.1) is 17.5 Å². The summed E-state index contributed by atoms with van der Waals surface area (Å²) >= 11 is 0. The Kier molecular flexibility index (Phi) is 7.41. The second-order valence-electron chi connectivity index (χ2n) is 8.04. The summed E-state index contributed by atoms with van der Waals surface area (Å²) in [6.07, 6.45) is 1.47. The van der Waals surface area contributed by atoms with Crippen molar-refractivity contribution in [1.29, 1.82) is 0 Å². The molecule has 1 unspecified atom stereocenters. The van der Waals surface area contributed by atoms with Crippen LogP contribution in [0.15, 0.2) is 71.9 Å². The molecule has 1 fully saturated rings. The summed E-state index contributed by atoms with van der Waals surface area (Å²) in [5.74, 6) is -0.744. The van der Waals surface area contributed by atoms with Crippen molar-refractivity contribution in [2.24, 2.45) is 0 Å². The number of ether oxygens (including phenoxy) is 1. The largest absolute Gasteiger partial charge is 0.354 e. The number of nitrogens with zero attached hydrogens (tertiary/aromatic N) is 2. The highest BCUT2D eigenvalue weighted by Crippen LogP contribution is 2.30. The van der Waals surface area contributed by atoms with Gasteiger partial charge < -0.3 is 20.1 Å². The monoisotopic (exact) mass is 500 g/mol. The number of amides is 1. The number of rotatable bonds is 8. The fourth-order valence-electron chi connectivity index (χ4n) is 3.69. The van der Waals surface area contributed by atoms with Gasteiger partial charge in [0.2, 0.25) is 22.3 Å². The Morgan fingerprint density at radius 2 is 1.89 bits per heavy atom. The van der Waals surface area contributed by atoms with Crippen molar-refractivity contribution in [2.75, 3.05) is 18.0 Å². The van der Waals surface area contributed by atoms with Gasteiger partial charge in [-0.3, -0.25) is 9.78 Å². The number of sulfonamides is 1. The van der Waals surface area contributed by atoms with E-state index < -0.39 is 28.4 Å². The lowest BCUT2D eigenvalue weighted by molar-refractivity contribution is -0.121. The molecule has 1 aliphatic heterocycles. The Morgan fingerprint density at radius 1 is 1.17 bits per heavy atom. The van der Waals surface area contributed by atoms with Gasteiger partial charge in [0, 0.05) is 43.7 Å².